The average Bonchev–Trinajstić information content (AvgIpc) is 3.19. The summed E-state index contributed by atoms with van der Waals surface area (Å²) in [6.07, 6.45) is 1.70. The van der Waals surface area contributed by atoms with Crippen LogP contribution in [0.15, 0.2) is 41.2 Å². The number of hydrogen-bond acceptors (Lipinski definition) is 4. The van der Waals surface area contributed by atoms with Crippen molar-refractivity contribution < 1.29 is 14.7 Å². The smallest absolute Gasteiger partial charge is 0.263 e. The molecule has 0 bridgehead atoms. The molecule has 2 aromatic rings. The SMILES string of the molecule is Cc1ccc(C(=O)N2CCC(Cc3ccc(C(=O)NCCO)cc3)C2)c(=O)n1C. The molecule has 1 unspecified atom stereocenters. The number of carbonyl (C=O) groups is 2. The van der Waals surface area contributed by atoms with Crippen molar-refractivity contribution in [3.05, 3.63) is 69.1 Å². The molecule has 7 nitrogen and oxygen atoms in total. The van der Waals surface area contributed by atoms with Crippen LogP contribution in [0.25, 0.3) is 0 Å². The van der Waals surface area contributed by atoms with Crippen LogP contribution in [0.3, 0.4) is 0 Å². The van der Waals surface area contributed by atoms with Crippen molar-refractivity contribution >= 4 is 11.8 Å². The number of likely N-dealkylation sites (tertiary alicyclic amines) is 1. The Morgan fingerprint density at radius 2 is 1.90 bits per heavy atom. The molecule has 1 saturated heterocycles. The molecule has 1 aliphatic rings. The summed E-state index contributed by atoms with van der Waals surface area (Å²) in [5.74, 6) is -0.0887. The van der Waals surface area contributed by atoms with Crippen molar-refractivity contribution in [1.29, 1.82) is 0 Å². The lowest BCUT2D eigenvalue weighted by Crippen LogP contribution is -2.35. The summed E-state index contributed by atoms with van der Waals surface area (Å²) >= 11 is 0. The molecule has 1 atom stereocenters. The van der Waals surface area contributed by atoms with Gasteiger partial charge < -0.3 is 19.9 Å². The van der Waals surface area contributed by atoms with Gasteiger partial charge in [0.1, 0.15) is 5.56 Å². The molecule has 3 rings (SSSR count). The van der Waals surface area contributed by atoms with Crippen LogP contribution in [0.4, 0.5) is 0 Å². The fraction of sp³-hybridized carbons (Fsp3) is 0.409. The summed E-state index contributed by atoms with van der Waals surface area (Å²) in [6, 6.07) is 10.8. The van der Waals surface area contributed by atoms with Crippen molar-refractivity contribution in [2.24, 2.45) is 13.0 Å². The van der Waals surface area contributed by atoms with E-state index in [4.69, 9.17) is 5.11 Å². The number of aliphatic hydroxyl groups is 1. The van der Waals surface area contributed by atoms with Gasteiger partial charge in [0.25, 0.3) is 17.4 Å². The molecule has 154 valence electrons. The number of aromatic nitrogens is 1. The van der Waals surface area contributed by atoms with Crippen molar-refractivity contribution in [3.63, 3.8) is 0 Å². The third-order valence-electron chi connectivity index (χ3n) is 5.50. The van der Waals surface area contributed by atoms with Crippen molar-refractivity contribution in [2.75, 3.05) is 26.2 Å². The summed E-state index contributed by atoms with van der Waals surface area (Å²) in [5.41, 5.74) is 2.44. The number of aliphatic hydroxyl groups excluding tert-OH is 1. The minimum atomic E-state index is -0.256. The van der Waals surface area contributed by atoms with Crippen LogP contribution in [0.1, 0.15) is 38.4 Å². The molecule has 0 aliphatic carbocycles. The molecule has 2 N–H and O–H groups in total. The number of nitrogens with zero attached hydrogens (tertiary/aromatic N) is 2. The lowest BCUT2D eigenvalue weighted by Gasteiger charge is -2.17. The van der Waals surface area contributed by atoms with Crippen LogP contribution in [-0.2, 0) is 13.5 Å². The molecule has 2 heterocycles. The predicted molar refractivity (Wildman–Crippen MR) is 110 cm³/mol. The van der Waals surface area contributed by atoms with E-state index in [1.807, 2.05) is 19.1 Å². The molecule has 1 fully saturated rings. The number of amides is 2. The van der Waals surface area contributed by atoms with Gasteiger partial charge in [-0.25, -0.2) is 0 Å². The number of pyridine rings is 1. The summed E-state index contributed by atoms with van der Waals surface area (Å²) < 4.78 is 1.50. The summed E-state index contributed by atoms with van der Waals surface area (Å²) in [5, 5.41) is 11.4. The Morgan fingerprint density at radius 1 is 1.17 bits per heavy atom. The van der Waals surface area contributed by atoms with Gasteiger partial charge in [0, 0.05) is 37.9 Å². The van der Waals surface area contributed by atoms with E-state index >= 15 is 0 Å². The zero-order chi connectivity index (χ0) is 21.0. The van der Waals surface area contributed by atoms with Gasteiger partial charge in [-0.15, -0.1) is 0 Å². The Balaban J connectivity index is 1.60. The van der Waals surface area contributed by atoms with Crippen LogP contribution >= 0.6 is 0 Å². The van der Waals surface area contributed by atoms with E-state index in [1.54, 1.807) is 36.2 Å². The van der Waals surface area contributed by atoms with E-state index in [9.17, 15) is 14.4 Å². The zero-order valence-corrected chi connectivity index (χ0v) is 16.9. The highest BCUT2D eigenvalue weighted by Crippen LogP contribution is 2.22. The molecule has 0 saturated carbocycles. The highest BCUT2D eigenvalue weighted by atomic mass is 16.3. The first kappa shape index (κ1) is 20.8. The van der Waals surface area contributed by atoms with E-state index < -0.39 is 0 Å². The summed E-state index contributed by atoms with van der Waals surface area (Å²) in [7, 11) is 1.68. The molecular formula is C22H27N3O4. The molecular weight excluding hydrogens is 370 g/mol. The van der Waals surface area contributed by atoms with Crippen molar-refractivity contribution in [1.82, 2.24) is 14.8 Å². The average molecular weight is 397 g/mol. The Labute approximate surface area is 170 Å². The Morgan fingerprint density at radius 3 is 2.59 bits per heavy atom. The van der Waals surface area contributed by atoms with E-state index in [1.165, 1.54) is 4.57 Å². The quantitative estimate of drug-likeness (QED) is 0.764. The van der Waals surface area contributed by atoms with Gasteiger partial charge in [-0.05, 0) is 55.5 Å². The minimum absolute atomic E-state index is 0.0879. The monoisotopic (exact) mass is 397 g/mol. The van der Waals surface area contributed by atoms with Crippen LogP contribution in [-0.4, -0.2) is 52.6 Å². The van der Waals surface area contributed by atoms with Crippen molar-refractivity contribution in [2.45, 2.75) is 19.8 Å². The third kappa shape index (κ3) is 4.74. The van der Waals surface area contributed by atoms with Crippen LogP contribution < -0.4 is 10.9 Å². The first-order valence-electron chi connectivity index (χ1n) is 9.84. The summed E-state index contributed by atoms with van der Waals surface area (Å²) in [4.78, 5) is 38.8. The maximum absolute atomic E-state index is 12.8. The summed E-state index contributed by atoms with van der Waals surface area (Å²) in [6.45, 7) is 3.24. The van der Waals surface area contributed by atoms with Gasteiger partial charge in [0.15, 0.2) is 0 Å². The minimum Gasteiger partial charge on any atom is -0.395 e. The van der Waals surface area contributed by atoms with Gasteiger partial charge in [0.2, 0.25) is 0 Å². The number of nitrogens with one attached hydrogen (secondary N) is 1. The zero-order valence-electron chi connectivity index (χ0n) is 16.9. The highest BCUT2D eigenvalue weighted by Gasteiger charge is 2.28. The molecule has 1 aromatic heterocycles. The Bertz CT molecular complexity index is 950. The normalized spacial score (nSPS) is 16.1. The standard InChI is InChI=1S/C22H27N3O4/c1-15-3-8-19(21(28)24(15)2)22(29)25-11-9-17(14-25)13-16-4-6-18(7-5-16)20(27)23-10-12-26/h3-8,17,26H,9-14H2,1-2H3,(H,23,27). The molecule has 0 radical (unpaired) electrons. The Hall–Kier alpha value is -2.93. The van der Waals surface area contributed by atoms with E-state index in [0.29, 0.717) is 24.6 Å². The fourth-order valence-corrected chi connectivity index (χ4v) is 3.64. The second-order valence-electron chi connectivity index (χ2n) is 7.54. The first-order chi connectivity index (χ1) is 13.9. The topological polar surface area (TPSA) is 91.6 Å². The molecule has 0 spiro atoms. The maximum Gasteiger partial charge on any atom is 0.263 e. The van der Waals surface area contributed by atoms with Crippen LogP contribution in [0.5, 0.6) is 0 Å². The maximum atomic E-state index is 12.8. The predicted octanol–water partition coefficient (Wildman–Crippen LogP) is 1.12. The second kappa shape index (κ2) is 9.05. The lowest BCUT2D eigenvalue weighted by molar-refractivity contribution is 0.0784. The number of hydrogen-bond donors (Lipinski definition) is 2. The largest absolute Gasteiger partial charge is 0.395 e. The molecule has 1 aliphatic heterocycles. The number of aryl methyl sites for hydroxylation is 1. The van der Waals surface area contributed by atoms with Gasteiger partial charge >= 0.3 is 0 Å². The Kier molecular flexibility index (Phi) is 6.49. The van der Waals surface area contributed by atoms with Crippen LogP contribution in [0, 0.1) is 12.8 Å². The molecule has 1 aromatic carbocycles. The third-order valence-corrected chi connectivity index (χ3v) is 5.50. The van der Waals surface area contributed by atoms with Crippen molar-refractivity contribution in [3.8, 4) is 0 Å². The number of benzene rings is 1. The first-order valence-corrected chi connectivity index (χ1v) is 9.84. The lowest BCUT2D eigenvalue weighted by atomic mass is 9.98. The molecule has 29 heavy (non-hydrogen) atoms. The number of carbonyl (C=O) groups excluding carboxylic acids is 2. The van der Waals surface area contributed by atoms with E-state index in [2.05, 4.69) is 5.32 Å². The molecule has 2 amide bonds. The highest BCUT2D eigenvalue weighted by molar-refractivity contribution is 5.94. The van der Waals surface area contributed by atoms with Gasteiger partial charge in [0.05, 0.1) is 6.61 Å². The number of rotatable bonds is 6. The molecule has 7 heteroatoms. The fourth-order valence-electron chi connectivity index (χ4n) is 3.64. The van der Waals surface area contributed by atoms with Crippen LogP contribution in [0.2, 0.25) is 0 Å². The van der Waals surface area contributed by atoms with E-state index in [0.717, 1.165) is 24.1 Å². The van der Waals surface area contributed by atoms with Gasteiger partial charge in [-0.2, -0.15) is 0 Å². The van der Waals surface area contributed by atoms with Gasteiger partial charge in [-0.1, -0.05) is 12.1 Å². The van der Waals surface area contributed by atoms with Gasteiger partial charge in [-0.3, -0.25) is 14.4 Å². The second-order valence-corrected chi connectivity index (χ2v) is 7.54. The van der Waals surface area contributed by atoms with E-state index in [-0.39, 0.29) is 36.1 Å².